The number of rotatable bonds is 7. The zero-order chi connectivity index (χ0) is 19.4. The number of thiazole rings is 1. The maximum atomic E-state index is 14.1. The molecular formula is C20H23ClFN3O2S. The van der Waals surface area contributed by atoms with Crippen molar-refractivity contribution >= 4 is 45.0 Å². The third kappa shape index (κ3) is 4.98. The predicted octanol–water partition coefficient (Wildman–Crippen LogP) is 4.46. The summed E-state index contributed by atoms with van der Waals surface area (Å²) < 4.78 is 20.0. The van der Waals surface area contributed by atoms with Crippen LogP contribution in [0.2, 0.25) is 0 Å². The van der Waals surface area contributed by atoms with Gasteiger partial charge in [-0.05, 0) is 57.4 Å². The number of para-hydroxylation sites is 1. The summed E-state index contributed by atoms with van der Waals surface area (Å²) in [5, 5.41) is 0.502. The van der Waals surface area contributed by atoms with E-state index >= 15 is 0 Å². The van der Waals surface area contributed by atoms with Crippen LogP contribution in [0.5, 0.6) is 5.75 Å². The van der Waals surface area contributed by atoms with E-state index in [0.717, 1.165) is 17.7 Å². The van der Waals surface area contributed by atoms with Crippen molar-refractivity contribution in [2.24, 2.45) is 0 Å². The van der Waals surface area contributed by atoms with Crippen molar-refractivity contribution in [1.82, 2.24) is 9.88 Å². The zero-order valence-electron chi connectivity index (χ0n) is 16.0. The van der Waals surface area contributed by atoms with Gasteiger partial charge < -0.3 is 9.64 Å². The molecule has 2 aromatic carbocycles. The Balaban J connectivity index is 0.00000280. The maximum absolute atomic E-state index is 14.1. The van der Waals surface area contributed by atoms with Gasteiger partial charge >= 0.3 is 0 Å². The molecule has 150 valence electrons. The quantitative estimate of drug-likeness (QED) is 0.562. The highest BCUT2D eigenvalue weighted by atomic mass is 35.5. The normalized spacial score (nSPS) is 10.8. The fourth-order valence-corrected chi connectivity index (χ4v) is 3.76. The third-order valence-corrected chi connectivity index (χ3v) is 5.18. The molecule has 0 aliphatic heterocycles. The Hall–Kier alpha value is -2.22. The fraction of sp³-hybridized carbons (Fsp3) is 0.300. The molecule has 8 heteroatoms. The average molecular weight is 424 g/mol. The van der Waals surface area contributed by atoms with Gasteiger partial charge in [0.25, 0.3) is 5.91 Å². The highest BCUT2D eigenvalue weighted by molar-refractivity contribution is 7.22. The smallest absolute Gasteiger partial charge is 0.260 e. The molecule has 3 aromatic rings. The lowest BCUT2D eigenvalue weighted by atomic mass is 10.2. The van der Waals surface area contributed by atoms with Crippen molar-refractivity contribution in [1.29, 1.82) is 0 Å². The molecule has 0 atom stereocenters. The standard InChI is InChI=1S/C20H22FN3O2S.ClH/c1-23(2)11-6-12-24(19(25)14-7-4-8-15(13-14)26-3)20-22-18-16(21)9-5-10-17(18)27-20;/h4-5,7-10,13H,6,11-12H2,1-3H3;1H. The number of anilines is 1. The molecule has 1 heterocycles. The zero-order valence-corrected chi connectivity index (χ0v) is 17.6. The van der Waals surface area contributed by atoms with Gasteiger partial charge in [-0.2, -0.15) is 0 Å². The summed E-state index contributed by atoms with van der Waals surface area (Å²) in [6.45, 7) is 1.33. The van der Waals surface area contributed by atoms with Crippen LogP contribution >= 0.6 is 23.7 Å². The summed E-state index contributed by atoms with van der Waals surface area (Å²) in [5.74, 6) is 0.0635. The van der Waals surface area contributed by atoms with Gasteiger partial charge in [-0.25, -0.2) is 9.37 Å². The molecule has 0 saturated carbocycles. The molecule has 28 heavy (non-hydrogen) atoms. The molecule has 1 aromatic heterocycles. The summed E-state index contributed by atoms with van der Waals surface area (Å²) in [6.07, 6.45) is 0.779. The van der Waals surface area contributed by atoms with Crippen LogP contribution in [0.25, 0.3) is 10.2 Å². The molecule has 0 bridgehead atoms. The Morgan fingerprint density at radius 3 is 2.61 bits per heavy atom. The number of benzene rings is 2. The van der Waals surface area contributed by atoms with E-state index in [1.807, 2.05) is 20.2 Å². The van der Waals surface area contributed by atoms with Gasteiger partial charge in [-0.15, -0.1) is 12.4 Å². The Labute approximate surface area is 174 Å². The van der Waals surface area contributed by atoms with Crippen LogP contribution in [0.3, 0.4) is 0 Å². The first-order chi connectivity index (χ1) is 13.0. The molecule has 0 aliphatic carbocycles. The number of carbonyl (C=O) groups is 1. The van der Waals surface area contributed by atoms with E-state index in [4.69, 9.17) is 4.74 Å². The van der Waals surface area contributed by atoms with Crippen molar-refractivity contribution in [2.45, 2.75) is 6.42 Å². The van der Waals surface area contributed by atoms with Crippen LogP contribution in [0.15, 0.2) is 42.5 Å². The first-order valence-electron chi connectivity index (χ1n) is 8.65. The number of aromatic nitrogens is 1. The van der Waals surface area contributed by atoms with E-state index in [-0.39, 0.29) is 24.1 Å². The number of methoxy groups -OCH3 is 1. The number of hydrogen-bond donors (Lipinski definition) is 0. The molecule has 3 rings (SSSR count). The number of ether oxygens (including phenoxy) is 1. The molecule has 0 aliphatic rings. The first-order valence-corrected chi connectivity index (χ1v) is 9.47. The highest BCUT2D eigenvalue weighted by Gasteiger charge is 2.22. The van der Waals surface area contributed by atoms with Gasteiger partial charge in [0.15, 0.2) is 5.13 Å². The predicted molar refractivity (Wildman–Crippen MR) is 115 cm³/mol. The van der Waals surface area contributed by atoms with Crippen molar-refractivity contribution in [3.63, 3.8) is 0 Å². The maximum Gasteiger partial charge on any atom is 0.260 e. The number of hydrogen-bond acceptors (Lipinski definition) is 5. The molecule has 0 fully saturated rings. The summed E-state index contributed by atoms with van der Waals surface area (Å²) >= 11 is 1.32. The number of amides is 1. The Morgan fingerprint density at radius 2 is 1.93 bits per heavy atom. The van der Waals surface area contributed by atoms with E-state index in [9.17, 15) is 9.18 Å². The van der Waals surface area contributed by atoms with Gasteiger partial charge in [0.2, 0.25) is 0 Å². The fourth-order valence-electron chi connectivity index (χ4n) is 2.76. The van der Waals surface area contributed by atoms with Crippen LogP contribution in [-0.4, -0.2) is 50.1 Å². The summed E-state index contributed by atoms with van der Waals surface area (Å²) in [5.41, 5.74) is 0.812. The largest absolute Gasteiger partial charge is 0.497 e. The van der Waals surface area contributed by atoms with Crippen molar-refractivity contribution in [2.75, 3.05) is 39.2 Å². The average Bonchev–Trinajstić information content (AvgIpc) is 3.10. The van der Waals surface area contributed by atoms with E-state index in [1.165, 1.54) is 17.4 Å². The van der Waals surface area contributed by atoms with Crippen molar-refractivity contribution in [3.8, 4) is 5.75 Å². The van der Waals surface area contributed by atoms with Crippen LogP contribution in [-0.2, 0) is 0 Å². The van der Waals surface area contributed by atoms with Gasteiger partial charge in [-0.3, -0.25) is 9.69 Å². The van der Waals surface area contributed by atoms with E-state index in [0.29, 0.717) is 28.5 Å². The molecule has 0 spiro atoms. The summed E-state index contributed by atoms with van der Waals surface area (Å²) in [7, 11) is 5.54. The topological polar surface area (TPSA) is 45.7 Å². The van der Waals surface area contributed by atoms with Gasteiger partial charge in [-0.1, -0.05) is 23.5 Å². The lowest BCUT2D eigenvalue weighted by molar-refractivity contribution is 0.0985. The van der Waals surface area contributed by atoms with Crippen LogP contribution in [0.4, 0.5) is 9.52 Å². The van der Waals surface area contributed by atoms with Crippen LogP contribution < -0.4 is 9.64 Å². The Kier molecular flexibility index (Phi) is 7.74. The van der Waals surface area contributed by atoms with Gasteiger partial charge in [0.1, 0.15) is 17.1 Å². The molecule has 1 amide bonds. The molecule has 0 saturated heterocycles. The van der Waals surface area contributed by atoms with E-state index < -0.39 is 0 Å². The third-order valence-electron chi connectivity index (χ3n) is 4.14. The molecule has 0 radical (unpaired) electrons. The Bertz CT molecular complexity index is 948. The Morgan fingerprint density at radius 1 is 1.18 bits per heavy atom. The van der Waals surface area contributed by atoms with Gasteiger partial charge in [0.05, 0.1) is 11.8 Å². The monoisotopic (exact) mass is 423 g/mol. The molecular weight excluding hydrogens is 401 g/mol. The van der Waals surface area contributed by atoms with Crippen molar-refractivity contribution < 1.29 is 13.9 Å². The second-order valence-corrected chi connectivity index (χ2v) is 7.44. The van der Waals surface area contributed by atoms with Gasteiger partial charge in [0, 0.05) is 12.1 Å². The minimum Gasteiger partial charge on any atom is -0.497 e. The van der Waals surface area contributed by atoms with E-state index in [1.54, 1.807) is 42.3 Å². The molecule has 5 nitrogen and oxygen atoms in total. The van der Waals surface area contributed by atoms with E-state index in [2.05, 4.69) is 9.88 Å². The second-order valence-electron chi connectivity index (χ2n) is 6.43. The lowest BCUT2D eigenvalue weighted by Gasteiger charge is -2.21. The number of fused-ring (bicyclic) bond motifs is 1. The SMILES string of the molecule is COc1cccc(C(=O)N(CCCN(C)C)c2nc3c(F)cccc3s2)c1.Cl. The minimum atomic E-state index is -0.378. The molecule has 0 unspecified atom stereocenters. The van der Waals surface area contributed by atoms with Crippen LogP contribution in [0, 0.1) is 5.82 Å². The first kappa shape index (κ1) is 22.1. The number of halogens is 2. The minimum absolute atomic E-state index is 0. The second kappa shape index (κ2) is 9.82. The van der Waals surface area contributed by atoms with Crippen molar-refractivity contribution in [3.05, 3.63) is 53.8 Å². The molecule has 0 N–H and O–H groups in total. The highest BCUT2D eigenvalue weighted by Crippen LogP contribution is 2.31. The van der Waals surface area contributed by atoms with Crippen LogP contribution in [0.1, 0.15) is 16.8 Å². The summed E-state index contributed by atoms with van der Waals surface area (Å²) in [6, 6.07) is 11.9. The summed E-state index contributed by atoms with van der Waals surface area (Å²) in [4.78, 5) is 21.3. The number of nitrogens with zero attached hydrogens (tertiary/aromatic N) is 3. The number of carbonyl (C=O) groups excluding carboxylic acids is 1. The lowest BCUT2D eigenvalue weighted by Crippen LogP contribution is -2.33.